The SMILES string of the molecule is CCOc1ccc(OCC(O)CNC)cc1. The summed E-state index contributed by atoms with van der Waals surface area (Å²) in [7, 11) is 1.79. The predicted molar refractivity (Wildman–Crippen MR) is 63.0 cm³/mol. The summed E-state index contributed by atoms with van der Waals surface area (Å²) in [5, 5.41) is 12.3. The van der Waals surface area contributed by atoms with E-state index >= 15 is 0 Å². The van der Waals surface area contributed by atoms with E-state index in [2.05, 4.69) is 5.32 Å². The van der Waals surface area contributed by atoms with Crippen LogP contribution >= 0.6 is 0 Å². The first-order valence-electron chi connectivity index (χ1n) is 5.44. The van der Waals surface area contributed by atoms with Crippen LogP contribution in [0.4, 0.5) is 0 Å². The first kappa shape index (κ1) is 12.8. The monoisotopic (exact) mass is 225 g/mol. The van der Waals surface area contributed by atoms with E-state index in [4.69, 9.17) is 9.47 Å². The molecule has 0 aliphatic carbocycles. The minimum atomic E-state index is -0.489. The molecule has 1 aromatic rings. The minimum Gasteiger partial charge on any atom is -0.494 e. The van der Waals surface area contributed by atoms with Gasteiger partial charge in [-0.25, -0.2) is 0 Å². The number of ether oxygens (including phenoxy) is 2. The second kappa shape index (κ2) is 7.09. The van der Waals surface area contributed by atoms with Gasteiger partial charge in [0.15, 0.2) is 0 Å². The Morgan fingerprint density at radius 3 is 2.25 bits per heavy atom. The number of aliphatic hydroxyl groups is 1. The fourth-order valence-electron chi connectivity index (χ4n) is 1.29. The predicted octanol–water partition coefficient (Wildman–Crippen LogP) is 1.04. The molecule has 0 aromatic heterocycles. The van der Waals surface area contributed by atoms with Crippen molar-refractivity contribution in [3.63, 3.8) is 0 Å². The van der Waals surface area contributed by atoms with E-state index in [9.17, 15) is 5.11 Å². The van der Waals surface area contributed by atoms with Crippen molar-refractivity contribution < 1.29 is 14.6 Å². The Morgan fingerprint density at radius 1 is 1.19 bits per heavy atom. The van der Waals surface area contributed by atoms with Crippen LogP contribution < -0.4 is 14.8 Å². The van der Waals surface area contributed by atoms with Crippen molar-refractivity contribution >= 4 is 0 Å². The maximum absolute atomic E-state index is 9.44. The van der Waals surface area contributed by atoms with Crippen molar-refractivity contribution in [1.82, 2.24) is 5.32 Å². The van der Waals surface area contributed by atoms with E-state index in [1.165, 1.54) is 0 Å². The lowest BCUT2D eigenvalue weighted by molar-refractivity contribution is 0.108. The number of benzene rings is 1. The number of hydrogen-bond donors (Lipinski definition) is 2. The Balaban J connectivity index is 2.37. The Morgan fingerprint density at radius 2 is 1.75 bits per heavy atom. The highest BCUT2D eigenvalue weighted by Crippen LogP contribution is 2.17. The largest absolute Gasteiger partial charge is 0.494 e. The van der Waals surface area contributed by atoms with Crippen molar-refractivity contribution in [2.24, 2.45) is 0 Å². The normalized spacial score (nSPS) is 12.2. The van der Waals surface area contributed by atoms with Gasteiger partial charge >= 0.3 is 0 Å². The first-order chi connectivity index (χ1) is 7.76. The lowest BCUT2D eigenvalue weighted by Crippen LogP contribution is -2.29. The molecule has 0 fully saturated rings. The van der Waals surface area contributed by atoms with Crippen LogP contribution in [0.25, 0.3) is 0 Å². The van der Waals surface area contributed by atoms with E-state index in [0.29, 0.717) is 13.2 Å². The van der Waals surface area contributed by atoms with Gasteiger partial charge in [-0.05, 0) is 38.2 Å². The molecule has 2 N–H and O–H groups in total. The summed E-state index contributed by atoms with van der Waals surface area (Å²) in [6, 6.07) is 7.36. The van der Waals surface area contributed by atoms with Crippen LogP contribution in [0.1, 0.15) is 6.92 Å². The number of hydrogen-bond acceptors (Lipinski definition) is 4. The van der Waals surface area contributed by atoms with Crippen LogP contribution in [0.5, 0.6) is 11.5 Å². The molecule has 0 spiro atoms. The molecule has 0 radical (unpaired) electrons. The molecule has 0 saturated heterocycles. The highest BCUT2D eigenvalue weighted by Gasteiger charge is 2.03. The van der Waals surface area contributed by atoms with E-state index < -0.39 is 6.10 Å². The minimum absolute atomic E-state index is 0.287. The molecule has 0 aliphatic heterocycles. The molecule has 0 aliphatic rings. The fourth-order valence-corrected chi connectivity index (χ4v) is 1.29. The topological polar surface area (TPSA) is 50.7 Å². The molecule has 1 unspecified atom stereocenters. The summed E-state index contributed by atoms with van der Waals surface area (Å²) in [6.07, 6.45) is -0.489. The maximum Gasteiger partial charge on any atom is 0.119 e. The summed E-state index contributed by atoms with van der Waals surface area (Å²) in [6.45, 7) is 3.41. The van der Waals surface area contributed by atoms with Crippen LogP contribution in [0, 0.1) is 0 Å². The molecule has 0 saturated carbocycles. The third-order valence-electron chi connectivity index (χ3n) is 2.02. The van der Waals surface area contributed by atoms with Crippen molar-refractivity contribution in [2.45, 2.75) is 13.0 Å². The van der Waals surface area contributed by atoms with E-state index in [1.54, 1.807) is 7.05 Å². The van der Waals surface area contributed by atoms with E-state index in [-0.39, 0.29) is 6.61 Å². The molecule has 16 heavy (non-hydrogen) atoms. The Kier molecular flexibility index (Phi) is 5.67. The van der Waals surface area contributed by atoms with Gasteiger partial charge in [0, 0.05) is 6.54 Å². The summed E-state index contributed by atoms with van der Waals surface area (Å²) >= 11 is 0. The van der Waals surface area contributed by atoms with Crippen molar-refractivity contribution in [3.05, 3.63) is 24.3 Å². The smallest absolute Gasteiger partial charge is 0.119 e. The molecular weight excluding hydrogens is 206 g/mol. The van der Waals surface area contributed by atoms with Crippen LogP contribution in [-0.4, -0.2) is 38.0 Å². The van der Waals surface area contributed by atoms with Gasteiger partial charge in [-0.15, -0.1) is 0 Å². The van der Waals surface area contributed by atoms with Crippen LogP contribution in [0.15, 0.2) is 24.3 Å². The molecule has 4 nitrogen and oxygen atoms in total. The zero-order valence-electron chi connectivity index (χ0n) is 9.77. The molecular formula is C12H19NO3. The molecule has 1 aromatic carbocycles. The molecule has 4 heteroatoms. The Bertz CT molecular complexity index is 287. The van der Waals surface area contributed by atoms with Gasteiger partial charge in [0.2, 0.25) is 0 Å². The average Bonchev–Trinajstić information content (AvgIpc) is 2.29. The molecule has 90 valence electrons. The summed E-state index contributed by atoms with van der Waals surface area (Å²) in [5.41, 5.74) is 0. The molecule has 0 amide bonds. The van der Waals surface area contributed by atoms with Crippen molar-refractivity contribution in [1.29, 1.82) is 0 Å². The molecule has 1 rings (SSSR count). The molecule has 0 bridgehead atoms. The molecule has 0 heterocycles. The van der Waals surface area contributed by atoms with Gasteiger partial charge in [-0.2, -0.15) is 0 Å². The number of rotatable bonds is 7. The van der Waals surface area contributed by atoms with E-state index in [1.807, 2.05) is 31.2 Å². The summed E-state index contributed by atoms with van der Waals surface area (Å²) in [5.74, 6) is 1.56. The van der Waals surface area contributed by atoms with Gasteiger partial charge in [-0.3, -0.25) is 0 Å². The number of likely N-dealkylation sites (N-methyl/N-ethyl adjacent to an activating group) is 1. The summed E-state index contributed by atoms with van der Waals surface area (Å²) < 4.78 is 10.7. The lowest BCUT2D eigenvalue weighted by atomic mass is 10.3. The number of nitrogens with one attached hydrogen (secondary N) is 1. The zero-order valence-corrected chi connectivity index (χ0v) is 9.77. The lowest BCUT2D eigenvalue weighted by Gasteiger charge is -2.12. The van der Waals surface area contributed by atoms with Crippen molar-refractivity contribution in [2.75, 3.05) is 26.8 Å². The Hall–Kier alpha value is -1.26. The first-order valence-corrected chi connectivity index (χ1v) is 5.44. The van der Waals surface area contributed by atoms with Crippen molar-refractivity contribution in [3.8, 4) is 11.5 Å². The highest BCUT2D eigenvalue weighted by atomic mass is 16.5. The third kappa shape index (κ3) is 4.51. The second-order valence-electron chi connectivity index (χ2n) is 3.43. The van der Waals surface area contributed by atoms with Gasteiger partial charge in [0.05, 0.1) is 6.61 Å². The van der Waals surface area contributed by atoms with Crippen LogP contribution in [-0.2, 0) is 0 Å². The second-order valence-corrected chi connectivity index (χ2v) is 3.43. The highest BCUT2D eigenvalue weighted by molar-refractivity contribution is 5.31. The zero-order chi connectivity index (χ0) is 11.8. The molecule has 1 atom stereocenters. The fraction of sp³-hybridized carbons (Fsp3) is 0.500. The van der Waals surface area contributed by atoms with Crippen LogP contribution in [0.3, 0.4) is 0 Å². The van der Waals surface area contributed by atoms with Gasteiger partial charge in [0.25, 0.3) is 0 Å². The van der Waals surface area contributed by atoms with Crippen LogP contribution in [0.2, 0.25) is 0 Å². The Labute approximate surface area is 96.2 Å². The quantitative estimate of drug-likeness (QED) is 0.728. The standard InChI is InChI=1S/C12H19NO3/c1-3-15-11-4-6-12(7-5-11)16-9-10(14)8-13-2/h4-7,10,13-14H,3,8-9H2,1-2H3. The maximum atomic E-state index is 9.44. The van der Waals surface area contributed by atoms with Gasteiger partial charge in [-0.1, -0.05) is 0 Å². The third-order valence-corrected chi connectivity index (χ3v) is 2.02. The average molecular weight is 225 g/mol. The van der Waals surface area contributed by atoms with Gasteiger partial charge in [0.1, 0.15) is 24.2 Å². The van der Waals surface area contributed by atoms with Gasteiger partial charge < -0.3 is 19.9 Å². The van der Waals surface area contributed by atoms with E-state index in [0.717, 1.165) is 11.5 Å². The number of aliphatic hydroxyl groups excluding tert-OH is 1. The summed E-state index contributed by atoms with van der Waals surface area (Å²) in [4.78, 5) is 0.